The average Bonchev–Trinajstić information content (AvgIpc) is 2.54. The molecule has 0 spiro atoms. The monoisotopic (exact) mass is 327 g/mol. The Morgan fingerprint density at radius 1 is 1.00 bits per heavy atom. The van der Waals surface area contributed by atoms with E-state index in [4.69, 9.17) is 16.3 Å². The summed E-state index contributed by atoms with van der Waals surface area (Å²) in [6.07, 6.45) is 0. The quantitative estimate of drug-likeness (QED) is 0.304. The Hall–Kier alpha value is -2.92. The number of carbonyl (C=O) groups excluding carboxylic acids is 1. The fourth-order valence-electron chi connectivity index (χ4n) is 2.18. The summed E-state index contributed by atoms with van der Waals surface area (Å²) in [6.45, 7) is 0. The van der Waals surface area contributed by atoms with Crippen molar-refractivity contribution in [1.82, 2.24) is 0 Å². The number of fused-ring (bicyclic) bond motifs is 1. The van der Waals surface area contributed by atoms with Gasteiger partial charge in [-0.25, -0.2) is 4.79 Å². The normalized spacial score (nSPS) is 10.5. The minimum atomic E-state index is -0.742. The number of benzene rings is 3. The molecule has 5 nitrogen and oxygen atoms in total. The van der Waals surface area contributed by atoms with Crippen LogP contribution in [0.5, 0.6) is 5.75 Å². The van der Waals surface area contributed by atoms with Gasteiger partial charge in [-0.15, -0.1) is 0 Å². The summed E-state index contributed by atoms with van der Waals surface area (Å²) in [7, 11) is 0. The molecule has 0 heterocycles. The Labute approximate surface area is 136 Å². The molecule has 3 rings (SSSR count). The van der Waals surface area contributed by atoms with Crippen molar-refractivity contribution in [2.75, 3.05) is 0 Å². The van der Waals surface area contributed by atoms with Crippen molar-refractivity contribution in [3.63, 3.8) is 0 Å². The van der Waals surface area contributed by atoms with Gasteiger partial charge in [-0.2, -0.15) is 0 Å². The Kier molecular flexibility index (Phi) is 3.95. The number of non-ortho nitro benzene ring substituents is 1. The number of nitro benzene ring substituents is 1. The molecule has 0 unspecified atom stereocenters. The number of hydrogen-bond donors (Lipinski definition) is 0. The van der Waals surface area contributed by atoms with Gasteiger partial charge in [-0.05, 0) is 29.0 Å². The van der Waals surface area contributed by atoms with Gasteiger partial charge in [0, 0.05) is 12.1 Å². The molecule has 23 heavy (non-hydrogen) atoms. The van der Waals surface area contributed by atoms with E-state index in [-0.39, 0.29) is 16.3 Å². The van der Waals surface area contributed by atoms with Crippen molar-refractivity contribution in [3.8, 4) is 5.75 Å². The zero-order valence-corrected chi connectivity index (χ0v) is 12.5. The predicted molar refractivity (Wildman–Crippen MR) is 87.0 cm³/mol. The van der Waals surface area contributed by atoms with Crippen molar-refractivity contribution >= 4 is 34.0 Å². The van der Waals surface area contributed by atoms with E-state index in [0.29, 0.717) is 5.75 Å². The first-order valence-electron chi connectivity index (χ1n) is 6.69. The highest BCUT2D eigenvalue weighted by Crippen LogP contribution is 2.25. The van der Waals surface area contributed by atoms with Crippen LogP contribution in [0.3, 0.4) is 0 Å². The number of nitrogens with zero attached hydrogens (tertiary/aromatic N) is 1. The largest absolute Gasteiger partial charge is 0.423 e. The first-order chi connectivity index (χ1) is 11.0. The van der Waals surface area contributed by atoms with Crippen LogP contribution in [-0.2, 0) is 0 Å². The number of hydrogen-bond acceptors (Lipinski definition) is 4. The molecule has 0 atom stereocenters. The average molecular weight is 328 g/mol. The van der Waals surface area contributed by atoms with Crippen LogP contribution in [0.2, 0.25) is 5.02 Å². The zero-order chi connectivity index (χ0) is 16.4. The lowest BCUT2D eigenvalue weighted by Crippen LogP contribution is -2.09. The Morgan fingerprint density at radius 2 is 1.74 bits per heavy atom. The van der Waals surface area contributed by atoms with E-state index < -0.39 is 10.9 Å². The maximum atomic E-state index is 12.2. The molecule has 3 aromatic rings. The molecule has 0 amide bonds. The van der Waals surface area contributed by atoms with Gasteiger partial charge in [-0.1, -0.05) is 41.9 Å². The second kappa shape index (κ2) is 6.06. The summed E-state index contributed by atoms with van der Waals surface area (Å²) < 4.78 is 5.28. The Balaban J connectivity index is 1.91. The minimum absolute atomic E-state index is 0.0472. The van der Waals surface area contributed by atoms with Gasteiger partial charge in [-0.3, -0.25) is 10.1 Å². The third kappa shape index (κ3) is 3.14. The smallest absolute Gasteiger partial charge is 0.345 e. The Morgan fingerprint density at radius 3 is 2.48 bits per heavy atom. The topological polar surface area (TPSA) is 69.4 Å². The summed E-state index contributed by atoms with van der Waals surface area (Å²) in [5.41, 5.74) is -0.270. The van der Waals surface area contributed by atoms with Crippen molar-refractivity contribution in [3.05, 3.63) is 81.4 Å². The van der Waals surface area contributed by atoms with Gasteiger partial charge >= 0.3 is 5.97 Å². The summed E-state index contributed by atoms with van der Waals surface area (Å²) in [4.78, 5) is 22.4. The predicted octanol–water partition coefficient (Wildman–Crippen LogP) is 4.62. The lowest BCUT2D eigenvalue weighted by molar-refractivity contribution is -0.384. The molecule has 0 aromatic heterocycles. The van der Waals surface area contributed by atoms with Crippen LogP contribution >= 0.6 is 11.6 Å². The van der Waals surface area contributed by atoms with E-state index in [9.17, 15) is 14.9 Å². The second-order valence-corrected chi connectivity index (χ2v) is 5.23. The van der Waals surface area contributed by atoms with Crippen molar-refractivity contribution < 1.29 is 14.5 Å². The van der Waals surface area contributed by atoms with E-state index in [1.54, 1.807) is 12.1 Å². The molecule has 0 aliphatic heterocycles. The number of halogens is 1. The fraction of sp³-hybridized carbons (Fsp3) is 0. The summed E-state index contributed by atoms with van der Waals surface area (Å²) in [6, 6.07) is 16.5. The molecule has 0 saturated heterocycles. The molecule has 0 aliphatic rings. The molecule has 6 heteroatoms. The Bertz CT molecular complexity index is 923. The number of carbonyl (C=O) groups is 1. The highest BCUT2D eigenvalue weighted by atomic mass is 35.5. The van der Waals surface area contributed by atoms with Crippen LogP contribution in [0.1, 0.15) is 10.4 Å². The summed E-state index contributed by atoms with van der Waals surface area (Å²) >= 11 is 5.93. The van der Waals surface area contributed by atoms with Crippen LogP contribution in [0, 0.1) is 10.1 Å². The highest BCUT2D eigenvalue weighted by molar-refractivity contribution is 6.33. The molecule has 0 fully saturated rings. The maximum Gasteiger partial charge on any atom is 0.345 e. The van der Waals surface area contributed by atoms with E-state index in [1.165, 1.54) is 12.1 Å². The zero-order valence-electron chi connectivity index (χ0n) is 11.7. The van der Waals surface area contributed by atoms with E-state index >= 15 is 0 Å². The number of nitro groups is 1. The third-order valence-electron chi connectivity index (χ3n) is 3.31. The van der Waals surface area contributed by atoms with Gasteiger partial charge in [0.1, 0.15) is 5.75 Å². The summed E-state index contributed by atoms with van der Waals surface area (Å²) in [5, 5.41) is 12.8. The maximum absolute atomic E-state index is 12.2. The van der Waals surface area contributed by atoms with Gasteiger partial charge in [0.05, 0.1) is 15.5 Å². The van der Waals surface area contributed by atoms with Gasteiger partial charge in [0.25, 0.3) is 5.69 Å². The molecule has 0 bridgehead atoms. The lowest BCUT2D eigenvalue weighted by atomic mass is 10.1. The highest BCUT2D eigenvalue weighted by Gasteiger charge is 2.17. The van der Waals surface area contributed by atoms with Crippen LogP contribution in [0.4, 0.5) is 5.69 Å². The lowest BCUT2D eigenvalue weighted by Gasteiger charge is -2.07. The first-order valence-corrected chi connectivity index (χ1v) is 7.07. The second-order valence-electron chi connectivity index (χ2n) is 4.82. The number of rotatable bonds is 3. The molecule has 3 aromatic carbocycles. The van der Waals surface area contributed by atoms with Crippen LogP contribution < -0.4 is 4.74 Å². The van der Waals surface area contributed by atoms with Crippen LogP contribution in [-0.4, -0.2) is 10.9 Å². The molecule has 114 valence electrons. The minimum Gasteiger partial charge on any atom is -0.423 e. The first kappa shape index (κ1) is 15.0. The van der Waals surface area contributed by atoms with Crippen LogP contribution in [0.15, 0.2) is 60.7 Å². The third-order valence-corrected chi connectivity index (χ3v) is 3.64. The van der Waals surface area contributed by atoms with Crippen molar-refractivity contribution in [1.29, 1.82) is 0 Å². The van der Waals surface area contributed by atoms with Gasteiger partial charge in [0.15, 0.2) is 0 Å². The number of esters is 1. The SMILES string of the molecule is O=C(Oc1ccc2ccccc2c1)c1cc([N+](=O)[O-])ccc1Cl. The molecule has 0 aliphatic carbocycles. The van der Waals surface area contributed by atoms with Crippen molar-refractivity contribution in [2.45, 2.75) is 0 Å². The van der Waals surface area contributed by atoms with Gasteiger partial charge in [0.2, 0.25) is 0 Å². The summed E-state index contributed by atoms with van der Waals surface area (Å²) in [5.74, 6) is -0.398. The van der Waals surface area contributed by atoms with E-state index in [2.05, 4.69) is 0 Å². The molecular weight excluding hydrogens is 318 g/mol. The molecule has 0 saturated carbocycles. The van der Waals surface area contributed by atoms with E-state index in [1.807, 2.05) is 30.3 Å². The van der Waals surface area contributed by atoms with Crippen LogP contribution in [0.25, 0.3) is 10.8 Å². The standard InChI is InChI=1S/C17H10ClNO4/c18-16-8-6-13(19(21)22)10-15(16)17(20)23-14-7-5-11-3-1-2-4-12(11)9-14/h1-10H. The molecular formula is C17H10ClNO4. The fourth-order valence-corrected chi connectivity index (χ4v) is 2.37. The van der Waals surface area contributed by atoms with Crippen molar-refractivity contribution in [2.24, 2.45) is 0 Å². The molecule has 0 N–H and O–H groups in total. The van der Waals surface area contributed by atoms with E-state index in [0.717, 1.165) is 16.8 Å². The number of ether oxygens (including phenoxy) is 1. The van der Waals surface area contributed by atoms with Gasteiger partial charge < -0.3 is 4.74 Å². The molecule has 0 radical (unpaired) electrons.